The molecule has 1 fully saturated rings. The standard InChI is InChI=1S/C19H23N/c1-14-11-12-19(20)18(13-14)17-10-6-5-9-16(17)15-7-3-2-4-8-15/h5-6,9-13,15H,2-4,7-8,20H2,1H3. The Labute approximate surface area is 121 Å². The molecule has 20 heavy (non-hydrogen) atoms. The average Bonchev–Trinajstić information content (AvgIpc) is 2.51. The third kappa shape index (κ3) is 2.58. The van der Waals surface area contributed by atoms with E-state index in [9.17, 15) is 0 Å². The molecule has 104 valence electrons. The van der Waals surface area contributed by atoms with E-state index >= 15 is 0 Å². The van der Waals surface area contributed by atoms with Crippen molar-refractivity contribution < 1.29 is 0 Å². The Balaban J connectivity index is 2.07. The average molecular weight is 265 g/mol. The van der Waals surface area contributed by atoms with Crippen LogP contribution in [0.4, 0.5) is 5.69 Å². The lowest BCUT2D eigenvalue weighted by atomic mass is 9.80. The second kappa shape index (κ2) is 5.70. The predicted molar refractivity (Wildman–Crippen MR) is 86.9 cm³/mol. The number of aryl methyl sites for hydroxylation is 1. The van der Waals surface area contributed by atoms with E-state index < -0.39 is 0 Å². The number of hydrogen-bond donors (Lipinski definition) is 1. The lowest BCUT2D eigenvalue weighted by Gasteiger charge is -2.25. The largest absolute Gasteiger partial charge is 0.398 e. The van der Waals surface area contributed by atoms with E-state index in [4.69, 9.17) is 5.73 Å². The summed E-state index contributed by atoms with van der Waals surface area (Å²) in [4.78, 5) is 0. The minimum atomic E-state index is 0.708. The van der Waals surface area contributed by atoms with Crippen LogP contribution in [0.15, 0.2) is 42.5 Å². The summed E-state index contributed by atoms with van der Waals surface area (Å²) in [6.07, 6.45) is 6.77. The van der Waals surface area contributed by atoms with Gasteiger partial charge in [0, 0.05) is 11.3 Å². The second-order valence-electron chi connectivity index (χ2n) is 6.01. The molecule has 0 amide bonds. The Hall–Kier alpha value is -1.76. The smallest absolute Gasteiger partial charge is 0.0394 e. The van der Waals surface area contributed by atoms with Crippen LogP contribution in [0.2, 0.25) is 0 Å². The maximum absolute atomic E-state index is 6.22. The first-order chi connectivity index (χ1) is 9.75. The molecule has 0 heterocycles. The molecule has 1 aliphatic carbocycles. The fourth-order valence-electron chi connectivity index (χ4n) is 3.42. The number of benzene rings is 2. The molecule has 0 spiro atoms. The van der Waals surface area contributed by atoms with E-state index in [2.05, 4.69) is 43.3 Å². The quantitative estimate of drug-likeness (QED) is 0.733. The molecule has 1 aliphatic rings. The summed E-state index contributed by atoms with van der Waals surface area (Å²) in [5.74, 6) is 0.708. The van der Waals surface area contributed by atoms with Crippen LogP contribution in [-0.2, 0) is 0 Å². The summed E-state index contributed by atoms with van der Waals surface area (Å²) >= 11 is 0. The van der Waals surface area contributed by atoms with E-state index in [1.54, 1.807) is 0 Å². The van der Waals surface area contributed by atoms with E-state index in [0.29, 0.717) is 5.92 Å². The zero-order valence-corrected chi connectivity index (χ0v) is 12.2. The highest BCUT2D eigenvalue weighted by Crippen LogP contribution is 2.39. The van der Waals surface area contributed by atoms with Crippen LogP contribution in [0.5, 0.6) is 0 Å². The lowest BCUT2D eigenvalue weighted by Crippen LogP contribution is -2.06. The van der Waals surface area contributed by atoms with Crippen molar-refractivity contribution in [3.05, 3.63) is 53.6 Å². The highest BCUT2D eigenvalue weighted by Gasteiger charge is 2.19. The number of hydrogen-bond acceptors (Lipinski definition) is 1. The summed E-state index contributed by atoms with van der Waals surface area (Å²) in [5.41, 5.74) is 12.4. The van der Waals surface area contributed by atoms with Gasteiger partial charge in [0.1, 0.15) is 0 Å². The molecule has 0 radical (unpaired) electrons. The van der Waals surface area contributed by atoms with Gasteiger partial charge in [-0.3, -0.25) is 0 Å². The van der Waals surface area contributed by atoms with E-state index in [0.717, 1.165) is 5.69 Å². The molecule has 0 saturated heterocycles. The van der Waals surface area contributed by atoms with Gasteiger partial charge in [0.2, 0.25) is 0 Å². The van der Waals surface area contributed by atoms with Gasteiger partial charge in [-0.15, -0.1) is 0 Å². The molecule has 0 unspecified atom stereocenters. The number of rotatable bonds is 2. The summed E-state index contributed by atoms with van der Waals surface area (Å²) in [6.45, 7) is 2.13. The van der Waals surface area contributed by atoms with Crippen LogP contribution >= 0.6 is 0 Å². The summed E-state index contributed by atoms with van der Waals surface area (Å²) in [7, 11) is 0. The molecule has 0 aliphatic heterocycles. The Morgan fingerprint density at radius 3 is 2.45 bits per heavy atom. The highest BCUT2D eigenvalue weighted by atomic mass is 14.6. The first-order valence-electron chi connectivity index (χ1n) is 7.71. The molecule has 1 nitrogen and oxygen atoms in total. The molecule has 1 heteroatoms. The van der Waals surface area contributed by atoms with E-state index in [-0.39, 0.29) is 0 Å². The maximum atomic E-state index is 6.22. The van der Waals surface area contributed by atoms with Gasteiger partial charge in [0.25, 0.3) is 0 Å². The molecular formula is C19H23N. The van der Waals surface area contributed by atoms with Gasteiger partial charge < -0.3 is 5.73 Å². The molecule has 0 aromatic heterocycles. The van der Waals surface area contributed by atoms with Gasteiger partial charge in [-0.2, -0.15) is 0 Å². The Morgan fingerprint density at radius 1 is 0.900 bits per heavy atom. The van der Waals surface area contributed by atoms with Crippen molar-refractivity contribution in [2.75, 3.05) is 5.73 Å². The van der Waals surface area contributed by atoms with Gasteiger partial charge in [0.05, 0.1) is 0 Å². The topological polar surface area (TPSA) is 26.0 Å². The minimum Gasteiger partial charge on any atom is -0.398 e. The lowest BCUT2D eigenvalue weighted by molar-refractivity contribution is 0.444. The van der Waals surface area contributed by atoms with Crippen molar-refractivity contribution in [1.29, 1.82) is 0 Å². The summed E-state index contributed by atoms with van der Waals surface area (Å²) < 4.78 is 0. The van der Waals surface area contributed by atoms with E-state index in [1.165, 1.54) is 54.4 Å². The molecule has 2 aromatic rings. The molecule has 2 aromatic carbocycles. The van der Waals surface area contributed by atoms with Gasteiger partial charge in [0.15, 0.2) is 0 Å². The summed E-state index contributed by atoms with van der Waals surface area (Å²) in [6, 6.07) is 15.2. The van der Waals surface area contributed by atoms with Crippen LogP contribution in [0.1, 0.15) is 49.1 Å². The van der Waals surface area contributed by atoms with Gasteiger partial charge in [-0.1, -0.05) is 55.2 Å². The van der Waals surface area contributed by atoms with Gasteiger partial charge >= 0.3 is 0 Å². The van der Waals surface area contributed by atoms with Crippen LogP contribution in [0, 0.1) is 6.92 Å². The Bertz CT molecular complexity index is 594. The van der Waals surface area contributed by atoms with Crippen molar-refractivity contribution >= 4 is 5.69 Å². The molecule has 2 N–H and O–H groups in total. The third-order valence-electron chi connectivity index (χ3n) is 4.50. The molecule has 3 rings (SSSR count). The molecular weight excluding hydrogens is 242 g/mol. The Morgan fingerprint density at radius 2 is 1.65 bits per heavy atom. The highest BCUT2D eigenvalue weighted by molar-refractivity contribution is 5.79. The number of nitrogens with two attached hydrogens (primary N) is 1. The number of anilines is 1. The van der Waals surface area contributed by atoms with Crippen LogP contribution in [0.3, 0.4) is 0 Å². The first-order valence-corrected chi connectivity index (χ1v) is 7.71. The fourth-order valence-corrected chi connectivity index (χ4v) is 3.42. The second-order valence-corrected chi connectivity index (χ2v) is 6.01. The van der Waals surface area contributed by atoms with Crippen molar-refractivity contribution in [2.24, 2.45) is 0 Å². The zero-order chi connectivity index (χ0) is 13.9. The van der Waals surface area contributed by atoms with Crippen molar-refractivity contribution in [3.8, 4) is 11.1 Å². The van der Waals surface area contributed by atoms with Crippen molar-refractivity contribution in [1.82, 2.24) is 0 Å². The predicted octanol–water partition coefficient (Wildman–Crippen LogP) is 5.29. The Kier molecular flexibility index (Phi) is 3.77. The summed E-state index contributed by atoms with van der Waals surface area (Å²) in [5, 5.41) is 0. The number of nitrogen functional groups attached to an aromatic ring is 1. The van der Waals surface area contributed by atoms with Crippen molar-refractivity contribution in [3.63, 3.8) is 0 Å². The zero-order valence-electron chi connectivity index (χ0n) is 12.2. The van der Waals surface area contributed by atoms with E-state index in [1.807, 2.05) is 6.07 Å². The van der Waals surface area contributed by atoms with Gasteiger partial charge in [-0.05, 0) is 48.9 Å². The maximum Gasteiger partial charge on any atom is 0.0394 e. The molecule has 1 saturated carbocycles. The first kappa shape index (κ1) is 13.2. The van der Waals surface area contributed by atoms with Crippen LogP contribution < -0.4 is 5.73 Å². The van der Waals surface area contributed by atoms with Crippen LogP contribution in [0.25, 0.3) is 11.1 Å². The third-order valence-corrected chi connectivity index (χ3v) is 4.50. The normalized spacial score (nSPS) is 16.2. The van der Waals surface area contributed by atoms with Gasteiger partial charge in [-0.25, -0.2) is 0 Å². The minimum absolute atomic E-state index is 0.708. The molecule has 0 bridgehead atoms. The monoisotopic (exact) mass is 265 g/mol. The fraction of sp³-hybridized carbons (Fsp3) is 0.368. The van der Waals surface area contributed by atoms with Crippen molar-refractivity contribution in [2.45, 2.75) is 44.9 Å². The SMILES string of the molecule is Cc1ccc(N)c(-c2ccccc2C2CCCCC2)c1. The van der Waals surface area contributed by atoms with Crippen LogP contribution in [-0.4, -0.2) is 0 Å². The molecule has 0 atom stereocenters.